The molecule has 0 amide bonds. The summed E-state index contributed by atoms with van der Waals surface area (Å²) in [4.78, 5) is 20.1. The van der Waals surface area contributed by atoms with E-state index in [0.29, 0.717) is 6.42 Å². The predicted octanol–water partition coefficient (Wildman–Crippen LogP) is -0.728. The van der Waals surface area contributed by atoms with Crippen LogP contribution in [0.2, 0.25) is 0 Å². The third-order valence-corrected chi connectivity index (χ3v) is 1.22. The van der Waals surface area contributed by atoms with Gasteiger partial charge in [-0.3, -0.25) is 9.59 Å². The SMILES string of the molecule is N[C@@H](CCCC(=O)O)C(=O)O.[Na]. The average Bonchev–Trinajstić information content (AvgIpc) is 1.86. The first-order valence-electron chi connectivity index (χ1n) is 3.24. The van der Waals surface area contributed by atoms with Gasteiger partial charge < -0.3 is 15.9 Å². The maximum atomic E-state index is 10.1. The van der Waals surface area contributed by atoms with Crippen molar-refractivity contribution in [3.63, 3.8) is 0 Å². The molecule has 0 saturated heterocycles. The third-order valence-electron chi connectivity index (χ3n) is 1.22. The molecular weight excluding hydrogens is 173 g/mol. The minimum atomic E-state index is -1.09. The van der Waals surface area contributed by atoms with Crippen LogP contribution in [0.1, 0.15) is 19.3 Å². The first kappa shape index (κ1) is 14.4. The number of aliphatic carboxylic acids is 2. The molecule has 0 aliphatic rings. The van der Waals surface area contributed by atoms with Crippen LogP contribution >= 0.6 is 0 Å². The zero-order chi connectivity index (χ0) is 8.85. The Morgan fingerprint density at radius 2 is 1.83 bits per heavy atom. The van der Waals surface area contributed by atoms with Crippen molar-refractivity contribution in [3.8, 4) is 0 Å². The number of hydrogen-bond donors (Lipinski definition) is 3. The molecule has 6 heteroatoms. The van der Waals surface area contributed by atoms with Gasteiger partial charge in [-0.05, 0) is 12.8 Å². The van der Waals surface area contributed by atoms with Crippen molar-refractivity contribution < 1.29 is 19.8 Å². The molecule has 0 unspecified atom stereocenters. The van der Waals surface area contributed by atoms with Crippen LogP contribution in [0.3, 0.4) is 0 Å². The zero-order valence-corrected chi connectivity index (χ0v) is 8.99. The summed E-state index contributed by atoms with van der Waals surface area (Å²) < 4.78 is 0. The van der Waals surface area contributed by atoms with Gasteiger partial charge in [0.05, 0.1) is 0 Å². The molecule has 0 aromatic carbocycles. The summed E-state index contributed by atoms with van der Waals surface area (Å²) in [6, 6.07) is -0.936. The monoisotopic (exact) mass is 184 g/mol. The van der Waals surface area contributed by atoms with Crippen molar-refractivity contribution in [2.75, 3.05) is 0 Å². The number of nitrogens with two attached hydrogens (primary N) is 1. The van der Waals surface area contributed by atoms with E-state index in [9.17, 15) is 9.59 Å². The molecule has 5 nitrogen and oxygen atoms in total. The Hall–Kier alpha value is -0.100. The van der Waals surface area contributed by atoms with Crippen LogP contribution in [0.5, 0.6) is 0 Å². The van der Waals surface area contributed by atoms with E-state index in [0.717, 1.165) is 0 Å². The van der Waals surface area contributed by atoms with Gasteiger partial charge in [-0.2, -0.15) is 0 Å². The molecule has 0 rings (SSSR count). The second-order valence-electron chi connectivity index (χ2n) is 2.23. The van der Waals surface area contributed by atoms with Crippen LogP contribution in [0.25, 0.3) is 0 Å². The maximum Gasteiger partial charge on any atom is 0.320 e. The third kappa shape index (κ3) is 8.00. The molecule has 1 radical (unpaired) electrons. The second-order valence-corrected chi connectivity index (χ2v) is 2.23. The van der Waals surface area contributed by atoms with E-state index in [1.54, 1.807) is 0 Å². The van der Waals surface area contributed by atoms with Gasteiger partial charge >= 0.3 is 11.9 Å². The number of carboxylic acids is 2. The van der Waals surface area contributed by atoms with Crippen molar-refractivity contribution in [2.45, 2.75) is 25.3 Å². The summed E-state index contributed by atoms with van der Waals surface area (Å²) in [6.07, 6.45) is 0.491. The normalized spacial score (nSPS) is 11.4. The average molecular weight is 184 g/mol. The van der Waals surface area contributed by atoms with Crippen LogP contribution in [0.15, 0.2) is 0 Å². The Balaban J connectivity index is 0. The van der Waals surface area contributed by atoms with Gasteiger partial charge in [-0.1, -0.05) is 0 Å². The molecule has 0 saturated carbocycles. The first-order chi connectivity index (χ1) is 5.04. The molecule has 0 fully saturated rings. The smallest absolute Gasteiger partial charge is 0.320 e. The summed E-state index contributed by atoms with van der Waals surface area (Å²) in [5.74, 6) is -2.02. The molecular formula is C6H11NNaO4. The summed E-state index contributed by atoms with van der Waals surface area (Å²) in [5, 5.41) is 16.5. The molecule has 0 aliphatic heterocycles. The van der Waals surface area contributed by atoms with E-state index in [1.807, 2.05) is 0 Å². The summed E-state index contributed by atoms with van der Waals surface area (Å²) in [6.45, 7) is 0. The van der Waals surface area contributed by atoms with Crippen molar-refractivity contribution in [2.24, 2.45) is 5.73 Å². The molecule has 0 spiro atoms. The standard InChI is InChI=1S/C6H11NO4.Na/c7-4(6(10)11)2-1-3-5(8)9;/h4H,1-3,7H2,(H,8,9)(H,10,11);/t4-;/m0./s1. The molecule has 0 aliphatic carbocycles. The van der Waals surface area contributed by atoms with Gasteiger partial charge in [0.25, 0.3) is 0 Å². The zero-order valence-electron chi connectivity index (χ0n) is 6.99. The van der Waals surface area contributed by atoms with Crippen LogP contribution < -0.4 is 5.73 Å². The van der Waals surface area contributed by atoms with Crippen molar-refractivity contribution >= 4 is 41.5 Å². The Labute approximate surface area is 92.2 Å². The fourth-order valence-electron chi connectivity index (χ4n) is 0.597. The van der Waals surface area contributed by atoms with E-state index in [4.69, 9.17) is 15.9 Å². The topological polar surface area (TPSA) is 101 Å². The van der Waals surface area contributed by atoms with Crippen molar-refractivity contribution in [1.29, 1.82) is 0 Å². The minimum Gasteiger partial charge on any atom is -0.481 e. The number of carboxylic acid groups (broad SMARTS) is 2. The Morgan fingerprint density at radius 3 is 2.17 bits per heavy atom. The number of rotatable bonds is 5. The summed E-state index contributed by atoms with van der Waals surface area (Å²) in [5.41, 5.74) is 5.11. The minimum absolute atomic E-state index is 0. The van der Waals surface area contributed by atoms with E-state index >= 15 is 0 Å². The second kappa shape index (κ2) is 7.54. The fourth-order valence-corrected chi connectivity index (χ4v) is 0.597. The van der Waals surface area contributed by atoms with E-state index in [1.165, 1.54) is 0 Å². The van der Waals surface area contributed by atoms with Crippen LogP contribution in [-0.2, 0) is 9.59 Å². The first-order valence-corrected chi connectivity index (χ1v) is 3.24. The summed E-state index contributed by atoms with van der Waals surface area (Å²) >= 11 is 0. The molecule has 0 aromatic rings. The molecule has 0 aromatic heterocycles. The molecule has 1 atom stereocenters. The predicted molar refractivity (Wildman–Crippen MR) is 42.9 cm³/mol. The van der Waals surface area contributed by atoms with Crippen LogP contribution in [0, 0.1) is 0 Å². The van der Waals surface area contributed by atoms with Gasteiger partial charge in [0.15, 0.2) is 0 Å². The molecule has 0 heterocycles. The van der Waals surface area contributed by atoms with Crippen LogP contribution in [-0.4, -0.2) is 57.8 Å². The molecule has 0 bridgehead atoms. The van der Waals surface area contributed by atoms with E-state index < -0.39 is 18.0 Å². The summed E-state index contributed by atoms with van der Waals surface area (Å²) in [7, 11) is 0. The largest absolute Gasteiger partial charge is 0.481 e. The van der Waals surface area contributed by atoms with Gasteiger partial charge in [-0.25, -0.2) is 0 Å². The molecule has 4 N–H and O–H groups in total. The van der Waals surface area contributed by atoms with Gasteiger partial charge in [-0.15, -0.1) is 0 Å². The Bertz CT molecular complexity index is 162. The van der Waals surface area contributed by atoms with Gasteiger partial charge in [0.1, 0.15) is 6.04 Å². The number of hydrogen-bond acceptors (Lipinski definition) is 3. The van der Waals surface area contributed by atoms with E-state index in [-0.39, 0.29) is 42.4 Å². The van der Waals surface area contributed by atoms with Crippen molar-refractivity contribution in [1.82, 2.24) is 0 Å². The van der Waals surface area contributed by atoms with Gasteiger partial charge in [0, 0.05) is 36.0 Å². The Morgan fingerprint density at radius 1 is 1.33 bits per heavy atom. The number of carbonyl (C=O) groups is 2. The Kier molecular flexibility index (Phi) is 9.07. The van der Waals surface area contributed by atoms with Crippen LogP contribution in [0.4, 0.5) is 0 Å². The van der Waals surface area contributed by atoms with Crippen molar-refractivity contribution in [3.05, 3.63) is 0 Å². The van der Waals surface area contributed by atoms with E-state index in [2.05, 4.69) is 0 Å². The quantitative estimate of drug-likeness (QED) is 0.489. The maximum absolute atomic E-state index is 10.1. The molecule has 12 heavy (non-hydrogen) atoms. The molecule has 65 valence electrons. The fraction of sp³-hybridized carbons (Fsp3) is 0.667. The van der Waals surface area contributed by atoms with Gasteiger partial charge in [0.2, 0.25) is 0 Å².